The van der Waals surface area contributed by atoms with Crippen LogP contribution in [0.2, 0.25) is 0 Å². The number of aliphatic hydroxyl groups excluding tert-OH is 1. The average Bonchev–Trinajstić information content (AvgIpc) is 3.14. The van der Waals surface area contributed by atoms with Crippen LogP contribution in [-0.4, -0.2) is 23.9 Å². The highest BCUT2D eigenvalue weighted by Gasteiger charge is 2.47. The Bertz CT molecular complexity index is 1460. The molecule has 1 N–H and O–H groups in total. The highest BCUT2D eigenvalue weighted by molar-refractivity contribution is 6.51. The van der Waals surface area contributed by atoms with E-state index in [-0.39, 0.29) is 11.3 Å². The summed E-state index contributed by atoms with van der Waals surface area (Å²) >= 11 is 0. The molecule has 168 valence electrons. The van der Waals surface area contributed by atoms with Gasteiger partial charge in [0.25, 0.3) is 11.7 Å². The summed E-state index contributed by atoms with van der Waals surface area (Å²) in [7, 11) is 1.50. The third-order valence-corrected chi connectivity index (χ3v) is 5.98. The van der Waals surface area contributed by atoms with Crippen LogP contribution in [0.5, 0.6) is 5.75 Å². The molecule has 1 saturated heterocycles. The maximum Gasteiger partial charge on any atom is 0.300 e. The minimum Gasteiger partial charge on any atom is -0.507 e. The van der Waals surface area contributed by atoms with Crippen LogP contribution in [0.25, 0.3) is 16.5 Å². The average molecular weight is 453 g/mol. The van der Waals surface area contributed by atoms with Gasteiger partial charge in [-0.05, 0) is 46.7 Å². The Morgan fingerprint density at radius 2 is 1.62 bits per heavy atom. The van der Waals surface area contributed by atoms with Gasteiger partial charge in [0.05, 0.1) is 18.7 Å². The lowest BCUT2D eigenvalue weighted by atomic mass is 9.94. The van der Waals surface area contributed by atoms with Crippen molar-refractivity contribution in [3.05, 3.63) is 114 Å². The molecule has 0 spiro atoms. The van der Waals surface area contributed by atoms with E-state index >= 15 is 0 Å². The Kier molecular flexibility index (Phi) is 5.34. The Hall–Kier alpha value is -4.45. The number of aliphatic hydroxyl groups is 1. The molecule has 5 nitrogen and oxygen atoms in total. The number of ether oxygens (including phenoxy) is 1. The number of methoxy groups -OCH3 is 1. The topological polar surface area (TPSA) is 66.8 Å². The van der Waals surface area contributed by atoms with Gasteiger partial charge in [0.2, 0.25) is 0 Å². The van der Waals surface area contributed by atoms with E-state index in [9.17, 15) is 19.1 Å². The second-order valence-electron chi connectivity index (χ2n) is 7.98. The van der Waals surface area contributed by atoms with Crippen LogP contribution in [0.15, 0.2) is 96.6 Å². The van der Waals surface area contributed by atoms with Crippen molar-refractivity contribution >= 4 is 33.9 Å². The fourth-order valence-electron chi connectivity index (χ4n) is 4.31. The lowest BCUT2D eigenvalue weighted by Crippen LogP contribution is -2.29. The number of rotatable bonds is 4. The van der Waals surface area contributed by atoms with Gasteiger partial charge in [-0.2, -0.15) is 0 Å². The minimum atomic E-state index is -0.945. The van der Waals surface area contributed by atoms with E-state index in [2.05, 4.69) is 0 Å². The molecule has 1 heterocycles. The SMILES string of the molecule is COc1cccc(N2C(=O)C(=O)/C(=C(\O)c3ccc4ccccc4c3)C2c2ccc(F)cc2)c1. The first-order chi connectivity index (χ1) is 16.5. The van der Waals surface area contributed by atoms with Gasteiger partial charge in [-0.1, -0.05) is 54.6 Å². The first-order valence-corrected chi connectivity index (χ1v) is 10.7. The van der Waals surface area contributed by atoms with Gasteiger partial charge < -0.3 is 9.84 Å². The van der Waals surface area contributed by atoms with Crippen molar-refractivity contribution in [1.29, 1.82) is 0 Å². The molecule has 1 fully saturated rings. The number of hydrogen-bond acceptors (Lipinski definition) is 4. The van der Waals surface area contributed by atoms with Crippen LogP contribution in [0.4, 0.5) is 10.1 Å². The molecule has 0 saturated carbocycles. The second-order valence-corrected chi connectivity index (χ2v) is 7.98. The number of carbonyl (C=O) groups excluding carboxylic acids is 2. The predicted molar refractivity (Wildman–Crippen MR) is 128 cm³/mol. The molecule has 0 radical (unpaired) electrons. The number of hydrogen-bond donors (Lipinski definition) is 1. The number of anilines is 1. The Labute approximate surface area is 195 Å². The predicted octanol–water partition coefficient (Wildman–Crippen LogP) is 5.61. The fraction of sp³-hybridized carbons (Fsp3) is 0.0714. The number of fused-ring (bicyclic) bond motifs is 1. The summed E-state index contributed by atoms with van der Waals surface area (Å²) < 4.78 is 19.0. The van der Waals surface area contributed by atoms with Gasteiger partial charge in [-0.25, -0.2) is 4.39 Å². The first kappa shape index (κ1) is 21.4. The van der Waals surface area contributed by atoms with E-state index in [0.717, 1.165) is 10.8 Å². The lowest BCUT2D eigenvalue weighted by Gasteiger charge is -2.25. The van der Waals surface area contributed by atoms with Gasteiger partial charge in [0, 0.05) is 17.3 Å². The molecule has 1 aliphatic heterocycles. The van der Waals surface area contributed by atoms with Crippen molar-refractivity contribution in [2.24, 2.45) is 0 Å². The maximum atomic E-state index is 13.7. The van der Waals surface area contributed by atoms with E-state index < -0.39 is 23.5 Å². The quantitative estimate of drug-likeness (QED) is 0.248. The molecule has 4 aromatic rings. The molecule has 4 aromatic carbocycles. The van der Waals surface area contributed by atoms with Gasteiger partial charge in [-0.15, -0.1) is 0 Å². The van der Waals surface area contributed by atoms with Crippen molar-refractivity contribution in [3.8, 4) is 5.75 Å². The minimum absolute atomic E-state index is 0.0605. The van der Waals surface area contributed by atoms with Gasteiger partial charge in [0.15, 0.2) is 0 Å². The summed E-state index contributed by atoms with van der Waals surface area (Å²) in [4.78, 5) is 27.8. The van der Waals surface area contributed by atoms with Gasteiger partial charge in [0.1, 0.15) is 17.3 Å². The van der Waals surface area contributed by atoms with Crippen molar-refractivity contribution in [2.75, 3.05) is 12.0 Å². The molecular formula is C28H20FNO4. The highest BCUT2D eigenvalue weighted by Crippen LogP contribution is 2.43. The van der Waals surface area contributed by atoms with E-state index in [4.69, 9.17) is 4.74 Å². The number of ketones is 1. The third-order valence-electron chi connectivity index (χ3n) is 5.98. The summed E-state index contributed by atoms with van der Waals surface area (Å²) in [5.74, 6) is -1.83. The van der Waals surface area contributed by atoms with Crippen molar-refractivity contribution < 1.29 is 23.8 Å². The molecule has 5 rings (SSSR count). The Morgan fingerprint density at radius 1 is 0.882 bits per heavy atom. The van der Waals surface area contributed by atoms with Gasteiger partial charge in [-0.3, -0.25) is 14.5 Å². The van der Waals surface area contributed by atoms with E-state index in [1.807, 2.05) is 30.3 Å². The van der Waals surface area contributed by atoms with Crippen molar-refractivity contribution in [2.45, 2.75) is 6.04 Å². The molecule has 0 aliphatic carbocycles. The number of amides is 1. The van der Waals surface area contributed by atoms with Crippen LogP contribution < -0.4 is 9.64 Å². The van der Waals surface area contributed by atoms with Crippen LogP contribution in [0.3, 0.4) is 0 Å². The van der Waals surface area contributed by atoms with E-state index in [1.165, 1.54) is 36.3 Å². The number of benzene rings is 4. The number of Topliss-reactive ketones (excluding diaryl/α,β-unsaturated/α-hetero) is 1. The van der Waals surface area contributed by atoms with Crippen LogP contribution >= 0.6 is 0 Å². The molecule has 1 amide bonds. The summed E-state index contributed by atoms with van der Waals surface area (Å²) in [5, 5.41) is 13.2. The van der Waals surface area contributed by atoms with Crippen LogP contribution in [0, 0.1) is 5.82 Å². The van der Waals surface area contributed by atoms with E-state index in [1.54, 1.807) is 36.4 Å². The summed E-state index contributed by atoms with van der Waals surface area (Å²) in [5.41, 5.74) is 1.27. The second kappa shape index (κ2) is 8.48. The van der Waals surface area contributed by atoms with Crippen LogP contribution in [0.1, 0.15) is 17.2 Å². The zero-order valence-electron chi connectivity index (χ0n) is 18.2. The standard InChI is InChI=1S/C28H20FNO4/c1-34-23-8-4-7-22(16-23)30-25(18-11-13-21(29)14-12-18)24(27(32)28(30)33)26(31)20-10-9-17-5-2-3-6-19(17)15-20/h2-16,25,31H,1H3/b26-24-. The first-order valence-electron chi connectivity index (χ1n) is 10.7. The summed E-state index contributed by atoms with van der Waals surface area (Å²) in [6, 6.07) is 24.3. The smallest absolute Gasteiger partial charge is 0.300 e. The van der Waals surface area contributed by atoms with Crippen molar-refractivity contribution in [1.82, 2.24) is 0 Å². The molecule has 6 heteroatoms. The number of carbonyl (C=O) groups is 2. The maximum absolute atomic E-state index is 13.7. The normalized spacial score (nSPS) is 17.4. The number of halogens is 1. The summed E-state index contributed by atoms with van der Waals surface area (Å²) in [6.07, 6.45) is 0. The Balaban J connectivity index is 1.72. The highest BCUT2D eigenvalue weighted by atomic mass is 19.1. The fourth-order valence-corrected chi connectivity index (χ4v) is 4.31. The Morgan fingerprint density at radius 3 is 2.35 bits per heavy atom. The third kappa shape index (κ3) is 3.59. The zero-order chi connectivity index (χ0) is 23.8. The lowest BCUT2D eigenvalue weighted by molar-refractivity contribution is -0.132. The number of nitrogens with zero attached hydrogens (tertiary/aromatic N) is 1. The molecule has 34 heavy (non-hydrogen) atoms. The largest absolute Gasteiger partial charge is 0.507 e. The molecule has 0 bridgehead atoms. The molecule has 0 aromatic heterocycles. The van der Waals surface area contributed by atoms with E-state index in [0.29, 0.717) is 22.6 Å². The molecule has 1 atom stereocenters. The monoisotopic (exact) mass is 453 g/mol. The summed E-state index contributed by atoms with van der Waals surface area (Å²) in [6.45, 7) is 0. The molecule has 1 aliphatic rings. The molecule has 1 unspecified atom stereocenters. The molecular weight excluding hydrogens is 433 g/mol. The van der Waals surface area contributed by atoms with Crippen molar-refractivity contribution in [3.63, 3.8) is 0 Å². The van der Waals surface area contributed by atoms with Gasteiger partial charge >= 0.3 is 0 Å². The zero-order valence-corrected chi connectivity index (χ0v) is 18.2. The van der Waals surface area contributed by atoms with Crippen LogP contribution in [-0.2, 0) is 9.59 Å².